The molecule has 1 aromatic heterocycles. The monoisotopic (exact) mass is 263 g/mol. The molecule has 0 unspecified atom stereocenters. The summed E-state index contributed by atoms with van der Waals surface area (Å²) in [6.45, 7) is 0.857. The van der Waals surface area contributed by atoms with Crippen LogP contribution in [0.2, 0.25) is 5.02 Å². The minimum Gasteiger partial charge on any atom is -0.380 e. The minimum absolute atomic E-state index is 0.834. The van der Waals surface area contributed by atoms with Crippen molar-refractivity contribution in [1.82, 2.24) is 0 Å². The number of benzene rings is 1. The number of anilines is 1. The van der Waals surface area contributed by atoms with Gasteiger partial charge < -0.3 is 5.32 Å². The van der Waals surface area contributed by atoms with Crippen molar-refractivity contribution in [2.45, 2.75) is 25.8 Å². The molecular formula is C14H14ClNS. The predicted octanol–water partition coefficient (Wildman–Crippen LogP) is 4.50. The van der Waals surface area contributed by atoms with Crippen LogP contribution in [0.15, 0.2) is 29.6 Å². The molecule has 1 aliphatic rings. The summed E-state index contributed by atoms with van der Waals surface area (Å²) in [6.07, 6.45) is 3.78. The number of hydrogen-bond acceptors (Lipinski definition) is 2. The van der Waals surface area contributed by atoms with E-state index in [1.54, 1.807) is 11.3 Å². The fourth-order valence-electron chi connectivity index (χ4n) is 2.32. The van der Waals surface area contributed by atoms with Crippen LogP contribution >= 0.6 is 22.9 Å². The van der Waals surface area contributed by atoms with E-state index in [0.29, 0.717) is 0 Å². The highest BCUT2D eigenvalue weighted by atomic mass is 35.5. The Morgan fingerprint density at radius 1 is 1.18 bits per heavy atom. The van der Waals surface area contributed by atoms with Crippen LogP contribution in [0, 0.1) is 0 Å². The quantitative estimate of drug-likeness (QED) is 0.860. The molecule has 0 aliphatic heterocycles. The first kappa shape index (κ1) is 11.1. The zero-order valence-electron chi connectivity index (χ0n) is 9.50. The lowest BCUT2D eigenvalue weighted by Gasteiger charge is -2.07. The highest BCUT2D eigenvalue weighted by molar-refractivity contribution is 7.10. The van der Waals surface area contributed by atoms with Crippen molar-refractivity contribution >= 4 is 28.6 Å². The Balaban J connectivity index is 1.69. The normalized spacial score (nSPS) is 13.7. The Kier molecular flexibility index (Phi) is 3.08. The van der Waals surface area contributed by atoms with E-state index in [1.807, 2.05) is 11.4 Å². The molecule has 88 valence electrons. The molecule has 1 N–H and O–H groups in total. The van der Waals surface area contributed by atoms with Crippen molar-refractivity contribution in [2.24, 2.45) is 0 Å². The van der Waals surface area contributed by atoms with Gasteiger partial charge in [-0.15, -0.1) is 11.3 Å². The summed E-state index contributed by atoms with van der Waals surface area (Å²) in [5, 5.41) is 6.26. The number of fused-ring (bicyclic) bond motifs is 1. The van der Waals surface area contributed by atoms with Crippen LogP contribution in [0.1, 0.15) is 22.4 Å². The molecule has 17 heavy (non-hydrogen) atoms. The summed E-state index contributed by atoms with van der Waals surface area (Å²) in [6, 6.07) is 8.75. The third-order valence-corrected chi connectivity index (χ3v) is 4.47. The van der Waals surface area contributed by atoms with E-state index < -0.39 is 0 Å². The van der Waals surface area contributed by atoms with Crippen LogP contribution in [-0.4, -0.2) is 0 Å². The summed E-state index contributed by atoms with van der Waals surface area (Å²) in [5.41, 5.74) is 4.25. The summed E-state index contributed by atoms with van der Waals surface area (Å²) >= 11 is 7.60. The SMILES string of the molecule is Clc1csc(CNc2ccc3c(c2)CCC3)c1. The summed E-state index contributed by atoms with van der Waals surface area (Å²) in [5.74, 6) is 0. The lowest BCUT2D eigenvalue weighted by atomic mass is 10.1. The predicted molar refractivity (Wildman–Crippen MR) is 75.1 cm³/mol. The van der Waals surface area contributed by atoms with Gasteiger partial charge in [0.15, 0.2) is 0 Å². The molecular weight excluding hydrogens is 250 g/mol. The van der Waals surface area contributed by atoms with Gasteiger partial charge in [-0.2, -0.15) is 0 Å². The molecule has 1 nitrogen and oxygen atoms in total. The zero-order chi connectivity index (χ0) is 11.7. The zero-order valence-corrected chi connectivity index (χ0v) is 11.1. The van der Waals surface area contributed by atoms with Gasteiger partial charge in [0.05, 0.1) is 5.02 Å². The van der Waals surface area contributed by atoms with E-state index in [2.05, 4.69) is 23.5 Å². The van der Waals surface area contributed by atoms with Crippen molar-refractivity contribution in [2.75, 3.05) is 5.32 Å². The average Bonchev–Trinajstić information content (AvgIpc) is 2.94. The van der Waals surface area contributed by atoms with Gasteiger partial charge >= 0.3 is 0 Å². The molecule has 0 atom stereocenters. The van der Waals surface area contributed by atoms with Crippen molar-refractivity contribution in [1.29, 1.82) is 0 Å². The first-order valence-electron chi connectivity index (χ1n) is 5.90. The number of thiophene rings is 1. The number of rotatable bonds is 3. The number of aryl methyl sites for hydroxylation is 2. The molecule has 0 saturated carbocycles. The van der Waals surface area contributed by atoms with E-state index in [1.165, 1.54) is 41.0 Å². The van der Waals surface area contributed by atoms with Gasteiger partial charge in [0.2, 0.25) is 0 Å². The smallest absolute Gasteiger partial charge is 0.0516 e. The van der Waals surface area contributed by atoms with Crippen molar-refractivity contribution in [3.63, 3.8) is 0 Å². The molecule has 3 rings (SSSR count). The summed E-state index contributed by atoms with van der Waals surface area (Å²) in [7, 11) is 0. The van der Waals surface area contributed by atoms with Crippen LogP contribution in [-0.2, 0) is 19.4 Å². The topological polar surface area (TPSA) is 12.0 Å². The standard InChI is InChI=1S/C14H14ClNS/c15-12-7-14(17-9-12)8-16-13-5-4-10-2-1-3-11(10)6-13/h4-7,9,16H,1-3,8H2. The van der Waals surface area contributed by atoms with Gasteiger partial charge in [0.1, 0.15) is 0 Å². The maximum atomic E-state index is 5.90. The molecule has 0 fully saturated rings. The second-order valence-electron chi connectivity index (χ2n) is 4.42. The van der Waals surface area contributed by atoms with E-state index >= 15 is 0 Å². The lowest BCUT2D eigenvalue weighted by Crippen LogP contribution is -1.98. The Morgan fingerprint density at radius 3 is 2.88 bits per heavy atom. The first-order valence-corrected chi connectivity index (χ1v) is 7.15. The van der Waals surface area contributed by atoms with Gasteiger partial charge in [-0.3, -0.25) is 0 Å². The van der Waals surface area contributed by atoms with Crippen LogP contribution in [0.4, 0.5) is 5.69 Å². The fraction of sp³-hybridized carbons (Fsp3) is 0.286. The summed E-state index contributed by atoms with van der Waals surface area (Å²) in [4.78, 5) is 1.27. The molecule has 2 aromatic rings. The fourth-order valence-corrected chi connectivity index (χ4v) is 3.33. The Bertz CT molecular complexity index is 533. The van der Waals surface area contributed by atoms with Gasteiger partial charge in [-0.1, -0.05) is 17.7 Å². The Labute approximate surface area is 110 Å². The maximum absolute atomic E-state index is 5.90. The lowest BCUT2D eigenvalue weighted by molar-refractivity contribution is 0.912. The highest BCUT2D eigenvalue weighted by Crippen LogP contribution is 2.26. The molecule has 1 heterocycles. The number of hydrogen-bond donors (Lipinski definition) is 1. The Hall–Kier alpha value is -0.990. The highest BCUT2D eigenvalue weighted by Gasteiger charge is 2.10. The minimum atomic E-state index is 0.834. The van der Waals surface area contributed by atoms with E-state index in [-0.39, 0.29) is 0 Å². The van der Waals surface area contributed by atoms with E-state index in [4.69, 9.17) is 11.6 Å². The molecule has 0 spiro atoms. The second kappa shape index (κ2) is 4.71. The van der Waals surface area contributed by atoms with Crippen LogP contribution in [0.5, 0.6) is 0 Å². The number of halogens is 1. The largest absolute Gasteiger partial charge is 0.380 e. The van der Waals surface area contributed by atoms with Gasteiger partial charge in [0, 0.05) is 22.5 Å². The van der Waals surface area contributed by atoms with Crippen molar-refractivity contribution in [3.05, 3.63) is 50.7 Å². The van der Waals surface area contributed by atoms with Crippen LogP contribution in [0.25, 0.3) is 0 Å². The maximum Gasteiger partial charge on any atom is 0.0516 e. The molecule has 0 saturated heterocycles. The average molecular weight is 264 g/mol. The molecule has 0 radical (unpaired) electrons. The first-order chi connectivity index (χ1) is 8.31. The van der Waals surface area contributed by atoms with E-state index in [9.17, 15) is 0 Å². The number of nitrogens with one attached hydrogen (secondary N) is 1. The molecule has 3 heteroatoms. The molecule has 1 aliphatic carbocycles. The van der Waals surface area contributed by atoms with Gasteiger partial charge in [-0.25, -0.2) is 0 Å². The Morgan fingerprint density at radius 2 is 2.06 bits per heavy atom. The van der Waals surface area contributed by atoms with Crippen molar-refractivity contribution in [3.8, 4) is 0 Å². The van der Waals surface area contributed by atoms with Crippen LogP contribution < -0.4 is 5.32 Å². The summed E-state index contributed by atoms with van der Waals surface area (Å²) < 4.78 is 0. The van der Waals surface area contributed by atoms with Crippen molar-refractivity contribution < 1.29 is 0 Å². The third-order valence-electron chi connectivity index (χ3n) is 3.19. The molecule has 0 bridgehead atoms. The van der Waals surface area contributed by atoms with Gasteiger partial charge in [-0.05, 0) is 48.6 Å². The van der Waals surface area contributed by atoms with E-state index in [0.717, 1.165) is 11.6 Å². The second-order valence-corrected chi connectivity index (χ2v) is 5.85. The molecule has 1 aromatic carbocycles. The molecule has 0 amide bonds. The van der Waals surface area contributed by atoms with Gasteiger partial charge in [0.25, 0.3) is 0 Å². The third kappa shape index (κ3) is 2.48. The van der Waals surface area contributed by atoms with Crippen LogP contribution in [0.3, 0.4) is 0 Å².